The van der Waals surface area contributed by atoms with Crippen molar-refractivity contribution in [2.75, 3.05) is 46.2 Å². The van der Waals surface area contributed by atoms with Crippen molar-refractivity contribution in [2.24, 2.45) is 0 Å². The maximum absolute atomic E-state index is 10.8. The van der Waals surface area contributed by atoms with Crippen molar-refractivity contribution in [3.8, 4) is 11.5 Å². The number of likely N-dealkylation sites (N-methyl/N-ethyl adjacent to an activating group) is 2. The molecule has 0 saturated heterocycles. The van der Waals surface area contributed by atoms with Gasteiger partial charge in [0.2, 0.25) is 0 Å². The number of carbonyl (C=O) groups is 1. The van der Waals surface area contributed by atoms with E-state index in [-0.39, 0.29) is 0 Å². The molecular weight excluding hydrogens is 388 g/mol. The second-order valence-corrected chi connectivity index (χ2v) is 6.77. The second kappa shape index (κ2) is 9.90. The van der Waals surface area contributed by atoms with Gasteiger partial charge in [0.25, 0.3) is 0 Å². The number of rotatable bonds is 11. The molecule has 0 radical (unpaired) electrons. The third-order valence-corrected chi connectivity index (χ3v) is 4.51. The molecule has 30 heavy (non-hydrogen) atoms. The number of H-pyrrole nitrogens is 1. The largest absolute Gasteiger partial charge is 0.493 e. The zero-order valence-corrected chi connectivity index (χ0v) is 17.2. The van der Waals surface area contributed by atoms with Crippen LogP contribution in [0.3, 0.4) is 0 Å². The Labute approximate surface area is 174 Å². The minimum atomic E-state index is -1.06. The average molecular weight is 414 g/mol. The van der Waals surface area contributed by atoms with Crippen molar-refractivity contribution in [1.29, 1.82) is 0 Å². The summed E-state index contributed by atoms with van der Waals surface area (Å²) in [5.74, 6) is 0.360. The van der Waals surface area contributed by atoms with Gasteiger partial charge in [0, 0.05) is 37.6 Å². The predicted octanol–water partition coefficient (Wildman–Crippen LogP) is 1.82. The highest BCUT2D eigenvalue weighted by Crippen LogP contribution is 2.33. The number of ether oxygens (including phenoxy) is 2. The Kier molecular flexibility index (Phi) is 7.04. The zero-order chi connectivity index (χ0) is 21.5. The molecule has 2 heterocycles. The molecule has 0 spiro atoms. The highest BCUT2D eigenvalue weighted by molar-refractivity contribution is 5.92. The van der Waals surface area contributed by atoms with Gasteiger partial charge < -0.3 is 35.1 Å². The fourth-order valence-electron chi connectivity index (χ4n) is 3.06. The van der Waals surface area contributed by atoms with Crippen molar-refractivity contribution in [2.45, 2.75) is 6.54 Å². The Morgan fingerprint density at radius 1 is 1.30 bits per heavy atom. The van der Waals surface area contributed by atoms with Gasteiger partial charge in [0.15, 0.2) is 18.1 Å². The van der Waals surface area contributed by atoms with Crippen LogP contribution in [0.1, 0.15) is 5.56 Å². The molecule has 0 saturated carbocycles. The lowest BCUT2D eigenvalue weighted by Crippen LogP contribution is -2.26. The van der Waals surface area contributed by atoms with Gasteiger partial charge in [-0.25, -0.2) is 14.8 Å². The van der Waals surface area contributed by atoms with E-state index >= 15 is 0 Å². The van der Waals surface area contributed by atoms with E-state index in [4.69, 9.17) is 14.6 Å². The van der Waals surface area contributed by atoms with E-state index in [9.17, 15) is 4.79 Å². The van der Waals surface area contributed by atoms with Crippen LogP contribution in [0.15, 0.2) is 30.7 Å². The summed E-state index contributed by atoms with van der Waals surface area (Å²) in [4.78, 5) is 25.0. The number of carboxylic acids is 1. The summed E-state index contributed by atoms with van der Waals surface area (Å²) in [5, 5.41) is 16.2. The molecule has 2 aromatic heterocycles. The predicted molar refractivity (Wildman–Crippen MR) is 114 cm³/mol. The minimum absolute atomic E-state index is 0.330. The molecule has 0 fully saturated rings. The first-order chi connectivity index (χ1) is 14.5. The van der Waals surface area contributed by atoms with E-state index in [0.29, 0.717) is 23.0 Å². The molecule has 0 unspecified atom stereocenters. The summed E-state index contributed by atoms with van der Waals surface area (Å²) < 4.78 is 10.6. The van der Waals surface area contributed by atoms with Crippen molar-refractivity contribution in [3.63, 3.8) is 0 Å². The van der Waals surface area contributed by atoms with E-state index in [2.05, 4.69) is 37.5 Å². The Morgan fingerprint density at radius 3 is 2.87 bits per heavy atom. The molecule has 0 bridgehead atoms. The van der Waals surface area contributed by atoms with Crippen LogP contribution in [0.25, 0.3) is 11.0 Å². The summed E-state index contributed by atoms with van der Waals surface area (Å²) in [6, 6.07) is 5.20. The van der Waals surface area contributed by atoms with Gasteiger partial charge in [-0.15, -0.1) is 0 Å². The fraction of sp³-hybridized carbons (Fsp3) is 0.350. The van der Waals surface area contributed by atoms with Crippen LogP contribution in [0.2, 0.25) is 0 Å². The number of aromatic amines is 1. The van der Waals surface area contributed by atoms with Gasteiger partial charge in [-0.2, -0.15) is 0 Å². The number of nitrogens with one attached hydrogen (secondary N) is 3. The summed E-state index contributed by atoms with van der Waals surface area (Å²) in [6.07, 6.45) is 3.43. The number of carboxylic acid groups (broad SMARTS) is 1. The number of aliphatic carboxylic acids is 1. The minimum Gasteiger partial charge on any atom is -0.493 e. The van der Waals surface area contributed by atoms with E-state index < -0.39 is 12.6 Å². The number of benzene rings is 1. The summed E-state index contributed by atoms with van der Waals surface area (Å²) >= 11 is 0. The fourth-order valence-corrected chi connectivity index (χ4v) is 3.06. The molecular formula is C20H26N6O4. The van der Waals surface area contributed by atoms with Crippen LogP contribution in [0.4, 0.5) is 11.5 Å². The Balaban J connectivity index is 1.87. The molecule has 0 aliphatic rings. The molecule has 3 aromatic rings. The van der Waals surface area contributed by atoms with Gasteiger partial charge >= 0.3 is 5.97 Å². The quantitative estimate of drug-likeness (QED) is 0.372. The van der Waals surface area contributed by atoms with Gasteiger partial charge in [-0.05, 0) is 31.8 Å². The number of hydrogen-bond donors (Lipinski definition) is 4. The zero-order valence-electron chi connectivity index (χ0n) is 17.2. The smallest absolute Gasteiger partial charge is 0.341 e. The summed E-state index contributed by atoms with van der Waals surface area (Å²) in [7, 11) is 5.49. The Bertz CT molecular complexity index is 1010. The summed E-state index contributed by atoms with van der Waals surface area (Å²) in [5.41, 5.74) is 2.50. The SMILES string of the molecule is CNCCN(C)Cc1c[nH]c2ncnc(Nc3ccc(OC)c(OCC(=O)O)c3)c12. The lowest BCUT2D eigenvalue weighted by molar-refractivity contribution is -0.139. The lowest BCUT2D eigenvalue weighted by Gasteiger charge is -2.16. The number of aromatic nitrogens is 3. The Hall–Kier alpha value is -3.37. The third kappa shape index (κ3) is 5.16. The van der Waals surface area contributed by atoms with Gasteiger partial charge in [-0.3, -0.25) is 0 Å². The standard InChI is InChI=1S/C20H26N6O4/c1-21-6-7-26(2)10-13-9-22-19-18(13)20(24-12-23-19)25-14-4-5-15(29-3)16(8-14)30-11-17(27)28/h4-5,8-9,12,21H,6-7,10-11H2,1-3H3,(H,27,28)(H2,22,23,24,25). The van der Waals surface area contributed by atoms with Crippen LogP contribution in [0, 0.1) is 0 Å². The average Bonchev–Trinajstić information content (AvgIpc) is 3.14. The van der Waals surface area contributed by atoms with Crippen LogP contribution in [0.5, 0.6) is 11.5 Å². The molecule has 10 nitrogen and oxygen atoms in total. The molecule has 0 amide bonds. The van der Waals surface area contributed by atoms with Crippen molar-refractivity contribution < 1.29 is 19.4 Å². The van der Waals surface area contributed by atoms with Gasteiger partial charge in [0.1, 0.15) is 17.8 Å². The van der Waals surface area contributed by atoms with Crippen LogP contribution in [-0.2, 0) is 11.3 Å². The van der Waals surface area contributed by atoms with E-state index in [1.54, 1.807) is 12.1 Å². The summed E-state index contributed by atoms with van der Waals surface area (Å²) in [6.45, 7) is 2.08. The molecule has 0 aliphatic carbocycles. The van der Waals surface area contributed by atoms with E-state index in [1.165, 1.54) is 13.4 Å². The molecule has 160 valence electrons. The van der Waals surface area contributed by atoms with E-state index in [0.717, 1.165) is 36.2 Å². The topological polar surface area (TPSA) is 125 Å². The number of methoxy groups -OCH3 is 1. The van der Waals surface area contributed by atoms with Gasteiger partial charge in [-0.1, -0.05) is 0 Å². The number of nitrogens with zero attached hydrogens (tertiary/aromatic N) is 3. The van der Waals surface area contributed by atoms with E-state index in [1.807, 2.05) is 19.3 Å². The lowest BCUT2D eigenvalue weighted by atomic mass is 10.2. The van der Waals surface area contributed by atoms with Crippen LogP contribution >= 0.6 is 0 Å². The number of hydrogen-bond acceptors (Lipinski definition) is 8. The molecule has 4 N–H and O–H groups in total. The normalized spacial score (nSPS) is 11.1. The highest BCUT2D eigenvalue weighted by atomic mass is 16.5. The van der Waals surface area contributed by atoms with Crippen LogP contribution < -0.4 is 20.1 Å². The molecule has 3 rings (SSSR count). The first-order valence-corrected chi connectivity index (χ1v) is 9.45. The molecule has 10 heteroatoms. The van der Waals surface area contributed by atoms with Crippen LogP contribution in [-0.4, -0.2) is 71.8 Å². The van der Waals surface area contributed by atoms with Gasteiger partial charge in [0.05, 0.1) is 12.5 Å². The maximum Gasteiger partial charge on any atom is 0.341 e. The molecule has 0 atom stereocenters. The molecule has 1 aromatic carbocycles. The van der Waals surface area contributed by atoms with Crippen molar-refractivity contribution in [1.82, 2.24) is 25.2 Å². The monoisotopic (exact) mass is 414 g/mol. The second-order valence-electron chi connectivity index (χ2n) is 6.77. The number of fused-ring (bicyclic) bond motifs is 1. The first kappa shape index (κ1) is 21.3. The highest BCUT2D eigenvalue weighted by Gasteiger charge is 2.14. The molecule has 0 aliphatic heterocycles. The van der Waals surface area contributed by atoms with Crippen molar-refractivity contribution in [3.05, 3.63) is 36.3 Å². The van der Waals surface area contributed by atoms with Crippen molar-refractivity contribution >= 4 is 28.5 Å². The first-order valence-electron chi connectivity index (χ1n) is 9.45. The Morgan fingerprint density at radius 2 is 2.13 bits per heavy atom. The maximum atomic E-state index is 10.8. The number of anilines is 2. The third-order valence-electron chi connectivity index (χ3n) is 4.51.